The lowest BCUT2D eigenvalue weighted by atomic mass is 10.1. The van der Waals surface area contributed by atoms with Gasteiger partial charge in [-0.25, -0.2) is 9.97 Å². The molecule has 3 aromatic heterocycles. The summed E-state index contributed by atoms with van der Waals surface area (Å²) in [6.45, 7) is 3.23. The second-order valence-electron chi connectivity index (χ2n) is 11.3. The lowest BCUT2D eigenvalue weighted by molar-refractivity contribution is -0.118. The molecule has 0 radical (unpaired) electrons. The number of aromatic nitrogens is 3. The number of hydrogen-bond acceptors (Lipinski definition) is 5. The van der Waals surface area contributed by atoms with Gasteiger partial charge in [0, 0.05) is 54.3 Å². The maximum atomic E-state index is 12.9. The maximum absolute atomic E-state index is 12.9. The van der Waals surface area contributed by atoms with Crippen molar-refractivity contribution in [1.29, 1.82) is 0 Å². The summed E-state index contributed by atoms with van der Waals surface area (Å²) in [7, 11) is 0. The number of carbonyl (C=O) groups is 2. The van der Waals surface area contributed by atoms with Gasteiger partial charge in [0.1, 0.15) is 5.82 Å². The Morgan fingerprint density at radius 2 is 2.00 bits per heavy atom. The van der Waals surface area contributed by atoms with Gasteiger partial charge >= 0.3 is 0 Å². The van der Waals surface area contributed by atoms with Crippen LogP contribution in [0.1, 0.15) is 66.3 Å². The van der Waals surface area contributed by atoms with Gasteiger partial charge < -0.3 is 19.9 Å². The molecule has 2 N–H and O–H groups in total. The van der Waals surface area contributed by atoms with Gasteiger partial charge in [-0.1, -0.05) is 23.7 Å². The van der Waals surface area contributed by atoms with Crippen molar-refractivity contribution in [3.63, 3.8) is 0 Å². The molecule has 2 saturated carbocycles. The summed E-state index contributed by atoms with van der Waals surface area (Å²) in [6, 6.07) is 11.9. The second kappa shape index (κ2) is 9.93. The van der Waals surface area contributed by atoms with Crippen LogP contribution < -0.4 is 15.5 Å². The van der Waals surface area contributed by atoms with E-state index in [-0.39, 0.29) is 23.7 Å². The van der Waals surface area contributed by atoms with Gasteiger partial charge in [0.2, 0.25) is 11.8 Å². The number of benzene rings is 1. The molecule has 8 nitrogen and oxygen atoms in total. The van der Waals surface area contributed by atoms with Crippen molar-refractivity contribution in [2.75, 3.05) is 22.1 Å². The standard InChI is InChI=1S/C31H31ClN6O2/c1-18-4-5-20(11-26(18)32)24-14-25(24)31(40)36-28-13-22(8-9-33-28)34-15-23-17-37-16-21(19-6-7-19)12-27(30(37)35-23)38-10-2-3-29(38)39/h4-5,8-9,11-13,16-17,19,24-25H,2-3,6-7,10,14-15H2,1H3,(H2,33,34,36,40)/t24-,25+/m1/s1. The van der Waals surface area contributed by atoms with Crippen LogP contribution in [0.2, 0.25) is 5.02 Å². The van der Waals surface area contributed by atoms with E-state index in [0.717, 1.165) is 58.3 Å². The SMILES string of the molecule is Cc1ccc([C@H]2C[C@@H]2C(=O)Nc2cc(NCc3cn4cc(C5CC5)cc(N5CCCC5=O)c4n3)ccn2)cc1Cl. The van der Waals surface area contributed by atoms with Crippen LogP contribution in [0, 0.1) is 12.8 Å². The number of anilines is 3. The summed E-state index contributed by atoms with van der Waals surface area (Å²) in [5.41, 5.74) is 6.86. The lowest BCUT2D eigenvalue weighted by Gasteiger charge is -2.17. The first-order chi connectivity index (χ1) is 19.4. The quantitative estimate of drug-likeness (QED) is 0.277. The van der Waals surface area contributed by atoms with Gasteiger partial charge in [-0.3, -0.25) is 9.59 Å². The summed E-state index contributed by atoms with van der Waals surface area (Å²) in [5.74, 6) is 1.35. The fourth-order valence-corrected chi connectivity index (χ4v) is 5.88. The number of fused-ring (bicyclic) bond motifs is 1. The average Bonchev–Trinajstić information content (AvgIpc) is 3.86. The van der Waals surface area contributed by atoms with E-state index in [1.54, 1.807) is 6.20 Å². The van der Waals surface area contributed by atoms with Gasteiger partial charge in [-0.2, -0.15) is 0 Å². The molecular weight excluding hydrogens is 524 g/mol. The van der Waals surface area contributed by atoms with E-state index in [1.807, 2.05) is 42.3 Å². The number of nitrogens with zero attached hydrogens (tertiary/aromatic N) is 4. The topological polar surface area (TPSA) is 91.6 Å². The molecule has 4 heterocycles. The van der Waals surface area contributed by atoms with Crippen LogP contribution in [-0.4, -0.2) is 32.7 Å². The Kier molecular flexibility index (Phi) is 6.23. The van der Waals surface area contributed by atoms with E-state index >= 15 is 0 Å². The van der Waals surface area contributed by atoms with Crippen molar-refractivity contribution in [1.82, 2.24) is 14.4 Å². The number of carbonyl (C=O) groups excluding carboxylic acids is 2. The van der Waals surface area contributed by atoms with Crippen molar-refractivity contribution >= 4 is 46.3 Å². The van der Waals surface area contributed by atoms with Crippen LogP contribution in [0.5, 0.6) is 0 Å². The predicted octanol–water partition coefficient (Wildman–Crippen LogP) is 6.05. The van der Waals surface area contributed by atoms with E-state index in [4.69, 9.17) is 16.6 Å². The van der Waals surface area contributed by atoms with Crippen molar-refractivity contribution in [2.45, 2.75) is 57.4 Å². The molecule has 204 valence electrons. The minimum absolute atomic E-state index is 0.0258. The summed E-state index contributed by atoms with van der Waals surface area (Å²) in [5, 5.41) is 7.12. The van der Waals surface area contributed by atoms with Crippen LogP contribution in [0.15, 0.2) is 55.0 Å². The molecule has 3 aliphatic rings. The zero-order valence-corrected chi connectivity index (χ0v) is 23.1. The normalized spacial score (nSPS) is 20.2. The predicted molar refractivity (Wildman–Crippen MR) is 156 cm³/mol. The number of hydrogen-bond donors (Lipinski definition) is 2. The Morgan fingerprint density at radius 3 is 2.77 bits per heavy atom. The molecule has 9 heteroatoms. The monoisotopic (exact) mass is 554 g/mol. The maximum Gasteiger partial charge on any atom is 0.229 e. The minimum atomic E-state index is -0.0765. The largest absolute Gasteiger partial charge is 0.379 e. The third kappa shape index (κ3) is 4.92. The van der Waals surface area contributed by atoms with Crippen molar-refractivity contribution in [3.05, 3.63) is 82.4 Å². The van der Waals surface area contributed by atoms with Crippen molar-refractivity contribution in [2.24, 2.45) is 5.92 Å². The van der Waals surface area contributed by atoms with E-state index < -0.39 is 0 Å². The third-order valence-electron chi connectivity index (χ3n) is 8.25. The van der Waals surface area contributed by atoms with Crippen molar-refractivity contribution in [3.8, 4) is 0 Å². The lowest BCUT2D eigenvalue weighted by Crippen LogP contribution is -2.24. The average molecular weight is 555 g/mol. The molecule has 0 unspecified atom stereocenters. The van der Waals surface area contributed by atoms with E-state index in [1.165, 1.54) is 18.4 Å². The van der Waals surface area contributed by atoms with Crippen LogP contribution in [-0.2, 0) is 16.1 Å². The molecule has 2 atom stereocenters. The molecule has 0 bridgehead atoms. The highest BCUT2D eigenvalue weighted by molar-refractivity contribution is 6.31. The molecule has 2 aliphatic carbocycles. The molecule has 3 fully saturated rings. The molecule has 0 spiro atoms. The number of rotatable bonds is 8. The molecule has 4 aromatic rings. The number of imidazole rings is 1. The fraction of sp³-hybridized carbons (Fsp3) is 0.355. The van der Waals surface area contributed by atoms with Gasteiger partial charge in [-0.05, 0) is 79.3 Å². The van der Waals surface area contributed by atoms with Crippen LogP contribution >= 0.6 is 11.6 Å². The van der Waals surface area contributed by atoms with Gasteiger partial charge in [0.15, 0.2) is 5.65 Å². The number of pyridine rings is 2. The number of nitrogens with one attached hydrogen (secondary N) is 2. The van der Waals surface area contributed by atoms with Crippen LogP contribution in [0.3, 0.4) is 0 Å². The van der Waals surface area contributed by atoms with Gasteiger partial charge in [0.25, 0.3) is 0 Å². The first-order valence-corrected chi connectivity index (χ1v) is 14.4. The van der Waals surface area contributed by atoms with Gasteiger partial charge in [0.05, 0.1) is 17.9 Å². The minimum Gasteiger partial charge on any atom is -0.379 e. The van der Waals surface area contributed by atoms with Crippen LogP contribution in [0.25, 0.3) is 5.65 Å². The molecule has 1 aromatic carbocycles. The van der Waals surface area contributed by atoms with Crippen LogP contribution in [0.4, 0.5) is 17.2 Å². The zero-order valence-electron chi connectivity index (χ0n) is 22.4. The number of aryl methyl sites for hydroxylation is 1. The molecule has 40 heavy (non-hydrogen) atoms. The van der Waals surface area contributed by atoms with E-state index in [9.17, 15) is 9.59 Å². The van der Waals surface area contributed by atoms with E-state index in [2.05, 4.69) is 38.3 Å². The third-order valence-corrected chi connectivity index (χ3v) is 8.66. The highest BCUT2D eigenvalue weighted by Crippen LogP contribution is 2.48. The smallest absolute Gasteiger partial charge is 0.229 e. The highest BCUT2D eigenvalue weighted by atomic mass is 35.5. The first-order valence-electron chi connectivity index (χ1n) is 14.0. The molecule has 7 rings (SSSR count). The van der Waals surface area contributed by atoms with Gasteiger partial charge in [-0.15, -0.1) is 0 Å². The molecule has 1 saturated heterocycles. The molecule has 1 aliphatic heterocycles. The summed E-state index contributed by atoms with van der Waals surface area (Å²) >= 11 is 6.28. The molecule has 2 amide bonds. The number of halogens is 1. The Labute approximate surface area is 237 Å². The molecular formula is C31H31ClN6O2. The Bertz CT molecular complexity index is 1640. The highest BCUT2D eigenvalue weighted by Gasteiger charge is 2.44. The number of amides is 2. The Morgan fingerprint density at radius 1 is 1.12 bits per heavy atom. The Hall–Kier alpha value is -3.91. The second-order valence-corrected chi connectivity index (χ2v) is 11.7. The van der Waals surface area contributed by atoms with Crippen molar-refractivity contribution < 1.29 is 9.59 Å². The van der Waals surface area contributed by atoms with E-state index in [0.29, 0.717) is 24.7 Å². The fourth-order valence-electron chi connectivity index (χ4n) is 5.69. The first kappa shape index (κ1) is 25.1. The summed E-state index contributed by atoms with van der Waals surface area (Å²) in [6.07, 6.45) is 10.6. The zero-order chi connectivity index (χ0) is 27.4. The Balaban J connectivity index is 1.03. The summed E-state index contributed by atoms with van der Waals surface area (Å²) in [4.78, 5) is 36.6. The summed E-state index contributed by atoms with van der Waals surface area (Å²) < 4.78 is 2.07.